The molecule has 0 fully saturated rings. The first-order valence-corrected chi connectivity index (χ1v) is 5.39. The van der Waals surface area contributed by atoms with Crippen LogP contribution < -0.4 is 0 Å². The second-order valence-corrected chi connectivity index (χ2v) is 4.23. The summed E-state index contributed by atoms with van der Waals surface area (Å²) in [5.41, 5.74) is 0.674. The summed E-state index contributed by atoms with van der Waals surface area (Å²) >= 11 is 3.28. The summed E-state index contributed by atoms with van der Waals surface area (Å²) in [5, 5.41) is 3.67. The summed E-state index contributed by atoms with van der Waals surface area (Å²) in [5.74, 6) is 0.157. The first-order chi connectivity index (χ1) is 7.59. The molecular formula is C11H8BrF2NO. The predicted molar refractivity (Wildman–Crippen MR) is 59.3 cm³/mol. The Morgan fingerprint density at radius 2 is 2.12 bits per heavy atom. The minimum atomic E-state index is -2.58. The number of nitrogens with zero attached hydrogens (tertiary/aromatic N) is 1. The number of benzene rings is 1. The lowest BCUT2D eigenvalue weighted by molar-refractivity contribution is 0.149. The number of alkyl halides is 2. The van der Waals surface area contributed by atoms with Gasteiger partial charge in [0, 0.05) is 10.0 Å². The van der Waals surface area contributed by atoms with Gasteiger partial charge in [-0.05, 0) is 19.1 Å². The second-order valence-electron chi connectivity index (χ2n) is 3.31. The van der Waals surface area contributed by atoms with Crippen molar-refractivity contribution in [2.75, 3.05) is 0 Å². The Bertz CT molecular complexity index is 510. The van der Waals surface area contributed by atoms with Gasteiger partial charge in [-0.25, -0.2) is 8.78 Å². The normalized spacial score (nSPS) is 11.1. The maximum atomic E-state index is 12.8. The minimum absolute atomic E-state index is 0.141. The van der Waals surface area contributed by atoms with E-state index in [1.54, 1.807) is 18.2 Å². The van der Waals surface area contributed by atoms with Gasteiger partial charge in [0.05, 0.1) is 5.56 Å². The molecule has 1 aromatic heterocycles. The maximum absolute atomic E-state index is 12.8. The summed E-state index contributed by atoms with van der Waals surface area (Å²) in [7, 11) is 0. The van der Waals surface area contributed by atoms with Gasteiger partial charge >= 0.3 is 0 Å². The topological polar surface area (TPSA) is 26.0 Å². The smallest absolute Gasteiger partial charge is 0.269 e. The molecule has 16 heavy (non-hydrogen) atoms. The van der Waals surface area contributed by atoms with E-state index in [0.717, 1.165) is 4.47 Å². The van der Waals surface area contributed by atoms with Crippen LogP contribution in [0, 0.1) is 6.92 Å². The van der Waals surface area contributed by atoms with Gasteiger partial charge < -0.3 is 4.52 Å². The molecule has 0 aliphatic heterocycles. The van der Waals surface area contributed by atoms with E-state index in [2.05, 4.69) is 21.1 Å². The SMILES string of the molecule is Cc1onc(-c2cccc(Br)c2)c1C(F)F. The van der Waals surface area contributed by atoms with Crippen LogP contribution in [0.15, 0.2) is 33.3 Å². The first kappa shape index (κ1) is 11.3. The molecule has 2 aromatic rings. The van der Waals surface area contributed by atoms with Gasteiger partial charge in [-0.15, -0.1) is 0 Å². The highest BCUT2D eigenvalue weighted by molar-refractivity contribution is 9.10. The van der Waals surface area contributed by atoms with Crippen LogP contribution in [0.1, 0.15) is 17.7 Å². The van der Waals surface area contributed by atoms with Crippen LogP contribution >= 0.6 is 15.9 Å². The van der Waals surface area contributed by atoms with Crippen LogP contribution in [0.4, 0.5) is 8.78 Å². The number of aromatic nitrogens is 1. The standard InChI is InChI=1S/C11H8BrF2NO/c1-6-9(11(13)14)10(15-16-6)7-3-2-4-8(12)5-7/h2-5,11H,1H3. The molecule has 0 aliphatic carbocycles. The highest BCUT2D eigenvalue weighted by atomic mass is 79.9. The number of aryl methyl sites for hydroxylation is 1. The molecule has 0 unspecified atom stereocenters. The van der Waals surface area contributed by atoms with E-state index in [1.165, 1.54) is 6.92 Å². The summed E-state index contributed by atoms with van der Waals surface area (Å²) < 4.78 is 31.2. The molecule has 0 aliphatic rings. The summed E-state index contributed by atoms with van der Waals surface area (Å²) in [6, 6.07) is 7.02. The van der Waals surface area contributed by atoms with Crippen molar-refractivity contribution < 1.29 is 13.3 Å². The van der Waals surface area contributed by atoms with E-state index in [9.17, 15) is 8.78 Å². The van der Waals surface area contributed by atoms with Gasteiger partial charge in [0.1, 0.15) is 11.5 Å². The molecule has 0 saturated carbocycles. The van der Waals surface area contributed by atoms with Gasteiger partial charge in [0.15, 0.2) is 0 Å². The molecule has 0 spiro atoms. The van der Waals surface area contributed by atoms with Crippen LogP contribution in [0.25, 0.3) is 11.3 Å². The molecule has 0 atom stereocenters. The van der Waals surface area contributed by atoms with Crippen LogP contribution in [0.2, 0.25) is 0 Å². The minimum Gasteiger partial charge on any atom is -0.361 e. The molecule has 5 heteroatoms. The molecule has 1 aromatic carbocycles. The van der Waals surface area contributed by atoms with Crippen molar-refractivity contribution in [1.82, 2.24) is 5.16 Å². The molecular weight excluding hydrogens is 280 g/mol. The third-order valence-corrected chi connectivity index (χ3v) is 2.72. The Morgan fingerprint density at radius 3 is 2.75 bits per heavy atom. The van der Waals surface area contributed by atoms with Crippen molar-refractivity contribution in [3.63, 3.8) is 0 Å². The fraction of sp³-hybridized carbons (Fsp3) is 0.182. The molecule has 0 saturated heterocycles. The Kier molecular flexibility index (Phi) is 3.05. The molecule has 0 N–H and O–H groups in total. The van der Waals surface area contributed by atoms with Gasteiger partial charge in [-0.3, -0.25) is 0 Å². The fourth-order valence-electron chi connectivity index (χ4n) is 1.48. The molecule has 0 bridgehead atoms. The van der Waals surface area contributed by atoms with Crippen molar-refractivity contribution in [3.05, 3.63) is 40.1 Å². The summed E-state index contributed by atoms with van der Waals surface area (Å²) in [4.78, 5) is 0. The average molecular weight is 288 g/mol. The lowest BCUT2D eigenvalue weighted by Gasteiger charge is -2.01. The van der Waals surface area contributed by atoms with E-state index in [0.29, 0.717) is 5.56 Å². The zero-order valence-corrected chi connectivity index (χ0v) is 9.96. The highest BCUT2D eigenvalue weighted by Crippen LogP contribution is 2.33. The number of halogens is 3. The van der Waals surface area contributed by atoms with Crippen LogP contribution in [-0.2, 0) is 0 Å². The van der Waals surface area contributed by atoms with Crippen molar-refractivity contribution in [1.29, 1.82) is 0 Å². The largest absolute Gasteiger partial charge is 0.361 e. The quantitative estimate of drug-likeness (QED) is 0.821. The number of hydrogen-bond acceptors (Lipinski definition) is 2. The lowest BCUT2D eigenvalue weighted by atomic mass is 10.1. The maximum Gasteiger partial charge on any atom is 0.269 e. The second kappa shape index (κ2) is 4.33. The zero-order valence-electron chi connectivity index (χ0n) is 8.38. The van der Waals surface area contributed by atoms with Gasteiger partial charge in [0.25, 0.3) is 6.43 Å². The molecule has 0 radical (unpaired) electrons. The predicted octanol–water partition coefficient (Wildman–Crippen LogP) is 4.35. The van der Waals surface area contributed by atoms with E-state index in [1.807, 2.05) is 6.07 Å². The molecule has 2 nitrogen and oxygen atoms in total. The van der Waals surface area contributed by atoms with Crippen LogP contribution in [0.5, 0.6) is 0 Å². The van der Waals surface area contributed by atoms with Crippen molar-refractivity contribution in [3.8, 4) is 11.3 Å². The van der Waals surface area contributed by atoms with Gasteiger partial charge in [-0.2, -0.15) is 0 Å². The summed E-state index contributed by atoms with van der Waals surface area (Å²) in [6.07, 6.45) is -2.58. The molecule has 1 heterocycles. The molecule has 2 rings (SSSR count). The average Bonchev–Trinajstić information content (AvgIpc) is 2.60. The van der Waals surface area contributed by atoms with E-state index in [-0.39, 0.29) is 17.0 Å². The molecule has 84 valence electrons. The monoisotopic (exact) mass is 287 g/mol. The number of hydrogen-bond donors (Lipinski definition) is 0. The Hall–Kier alpha value is -1.23. The van der Waals surface area contributed by atoms with E-state index >= 15 is 0 Å². The fourth-order valence-corrected chi connectivity index (χ4v) is 1.88. The Balaban J connectivity index is 2.56. The molecule has 0 amide bonds. The third-order valence-electron chi connectivity index (χ3n) is 2.22. The van der Waals surface area contributed by atoms with Crippen molar-refractivity contribution >= 4 is 15.9 Å². The van der Waals surface area contributed by atoms with E-state index < -0.39 is 6.43 Å². The zero-order chi connectivity index (χ0) is 11.7. The number of rotatable bonds is 2. The van der Waals surface area contributed by atoms with Crippen LogP contribution in [-0.4, -0.2) is 5.16 Å². The van der Waals surface area contributed by atoms with Gasteiger partial charge in [0.2, 0.25) is 0 Å². The highest BCUT2D eigenvalue weighted by Gasteiger charge is 2.22. The first-order valence-electron chi connectivity index (χ1n) is 4.60. The lowest BCUT2D eigenvalue weighted by Crippen LogP contribution is -1.89. The third kappa shape index (κ3) is 2.00. The van der Waals surface area contributed by atoms with E-state index in [4.69, 9.17) is 4.52 Å². The van der Waals surface area contributed by atoms with Crippen molar-refractivity contribution in [2.45, 2.75) is 13.3 Å². The van der Waals surface area contributed by atoms with Crippen molar-refractivity contribution in [2.24, 2.45) is 0 Å². The summed E-state index contributed by atoms with van der Waals surface area (Å²) in [6.45, 7) is 1.48. The van der Waals surface area contributed by atoms with Gasteiger partial charge in [-0.1, -0.05) is 33.2 Å². The Morgan fingerprint density at radius 1 is 1.38 bits per heavy atom. The Labute approximate surface area is 99.4 Å². The van der Waals surface area contributed by atoms with Crippen LogP contribution in [0.3, 0.4) is 0 Å².